The van der Waals surface area contributed by atoms with Gasteiger partial charge in [0.25, 0.3) is 5.91 Å². The number of aromatic nitrogens is 1. The van der Waals surface area contributed by atoms with E-state index in [0.717, 1.165) is 18.5 Å². The summed E-state index contributed by atoms with van der Waals surface area (Å²) in [6.07, 6.45) is 1.58. The highest BCUT2D eigenvalue weighted by Crippen LogP contribution is 2.11. The molecule has 0 fully saturated rings. The summed E-state index contributed by atoms with van der Waals surface area (Å²) in [5.74, 6) is 0.359. The van der Waals surface area contributed by atoms with E-state index in [-0.39, 0.29) is 5.91 Å². The van der Waals surface area contributed by atoms with Crippen molar-refractivity contribution in [2.75, 3.05) is 33.0 Å². The van der Waals surface area contributed by atoms with Crippen LogP contribution in [-0.4, -0.2) is 43.1 Å². The average Bonchev–Trinajstić information content (AvgIpc) is 2.37. The minimum Gasteiger partial charge on any atom is -0.385 e. The second-order valence-corrected chi connectivity index (χ2v) is 4.20. The van der Waals surface area contributed by atoms with Gasteiger partial charge in [0.1, 0.15) is 5.82 Å². The monoisotopic (exact) mass is 251 g/mol. The lowest BCUT2D eigenvalue weighted by Crippen LogP contribution is -2.28. The Labute approximate surface area is 108 Å². The molecule has 0 aliphatic carbocycles. The van der Waals surface area contributed by atoms with Gasteiger partial charge in [-0.1, -0.05) is 6.92 Å². The first-order valence-electron chi connectivity index (χ1n) is 6.09. The molecule has 1 aromatic rings. The molecule has 5 heteroatoms. The molecule has 1 amide bonds. The Morgan fingerprint density at radius 3 is 2.83 bits per heavy atom. The van der Waals surface area contributed by atoms with Crippen molar-refractivity contribution in [3.63, 3.8) is 0 Å². The standard InChI is InChI=1S/C13H21N3O2/c1-4-11-8-10(9-12(14)15-11)13(17)16(2)6-5-7-18-3/h8-9H,4-7H2,1-3H3,(H2,14,15). The Hall–Kier alpha value is -1.62. The number of carbonyl (C=O) groups excluding carboxylic acids is 1. The number of anilines is 1. The van der Waals surface area contributed by atoms with Crippen LogP contribution in [0.5, 0.6) is 0 Å². The molecule has 0 atom stereocenters. The number of nitrogen functional groups attached to an aromatic ring is 1. The Kier molecular flexibility index (Phi) is 5.58. The van der Waals surface area contributed by atoms with Gasteiger partial charge in [-0.2, -0.15) is 0 Å². The van der Waals surface area contributed by atoms with E-state index in [1.807, 2.05) is 6.92 Å². The first kappa shape index (κ1) is 14.4. The predicted molar refractivity (Wildman–Crippen MR) is 71.5 cm³/mol. The van der Waals surface area contributed by atoms with E-state index in [0.29, 0.717) is 24.5 Å². The van der Waals surface area contributed by atoms with Crippen LogP contribution >= 0.6 is 0 Å². The van der Waals surface area contributed by atoms with E-state index < -0.39 is 0 Å². The van der Waals surface area contributed by atoms with Crippen LogP contribution < -0.4 is 5.73 Å². The highest BCUT2D eigenvalue weighted by Gasteiger charge is 2.13. The normalized spacial score (nSPS) is 10.4. The van der Waals surface area contributed by atoms with Crippen LogP contribution in [0.15, 0.2) is 12.1 Å². The summed E-state index contributed by atoms with van der Waals surface area (Å²) in [4.78, 5) is 18.0. The second-order valence-electron chi connectivity index (χ2n) is 4.20. The van der Waals surface area contributed by atoms with Crippen molar-refractivity contribution in [2.24, 2.45) is 0 Å². The lowest BCUT2D eigenvalue weighted by molar-refractivity contribution is 0.0779. The van der Waals surface area contributed by atoms with Gasteiger partial charge in [0.05, 0.1) is 0 Å². The Morgan fingerprint density at radius 2 is 2.22 bits per heavy atom. The zero-order valence-corrected chi connectivity index (χ0v) is 11.3. The van der Waals surface area contributed by atoms with Gasteiger partial charge >= 0.3 is 0 Å². The molecule has 0 aliphatic rings. The molecule has 18 heavy (non-hydrogen) atoms. The molecule has 0 unspecified atom stereocenters. The molecule has 0 bridgehead atoms. The summed E-state index contributed by atoms with van der Waals surface area (Å²) >= 11 is 0. The minimum absolute atomic E-state index is 0.0325. The molecule has 0 saturated carbocycles. The molecular formula is C13H21N3O2. The van der Waals surface area contributed by atoms with E-state index in [1.165, 1.54) is 0 Å². The van der Waals surface area contributed by atoms with Crippen LogP contribution in [0.3, 0.4) is 0 Å². The van der Waals surface area contributed by atoms with E-state index in [4.69, 9.17) is 10.5 Å². The zero-order chi connectivity index (χ0) is 13.5. The van der Waals surface area contributed by atoms with E-state index in [2.05, 4.69) is 4.98 Å². The third-order valence-electron chi connectivity index (χ3n) is 2.70. The average molecular weight is 251 g/mol. The summed E-state index contributed by atoms with van der Waals surface area (Å²) in [7, 11) is 3.43. The zero-order valence-electron chi connectivity index (χ0n) is 11.3. The summed E-state index contributed by atoms with van der Waals surface area (Å²) in [5.41, 5.74) is 7.13. The molecule has 1 rings (SSSR count). The highest BCUT2D eigenvalue weighted by atomic mass is 16.5. The van der Waals surface area contributed by atoms with Gasteiger partial charge in [-0.25, -0.2) is 4.98 Å². The van der Waals surface area contributed by atoms with Crippen LogP contribution in [0.1, 0.15) is 29.4 Å². The topological polar surface area (TPSA) is 68.5 Å². The Bertz CT molecular complexity index is 407. The molecule has 2 N–H and O–H groups in total. The van der Waals surface area contributed by atoms with Gasteiger partial charge in [0.2, 0.25) is 0 Å². The van der Waals surface area contributed by atoms with Crippen molar-refractivity contribution in [3.05, 3.63) is 23.4 Å². The number of pyridine rings is 1. The van der Waals surface area contributed by atoms with Crippen molar-refractivity contribution in [1.82, 2.24) is 9.88 Å². The van der Waals surface area contributed by atoms with E-state index >= 15 is 0 Å². The third kappa shape index (κ3) is 4.00. The third-order valence-corrected chi connectivity index (χ3v) is 2.70. The molecule has 0 aliphatic heterocycles. The first-order chi connectivity index (χ1) is 8.58. The molecule has 1 aromatic heterocycles. The lowest BCUT2D eigenvalue weighted by Gasteiger charge is -2.17. The van der Waals surface area contributed by atoms with Gasteiger partial charge in [0, 0.05) is 38.6 Å². The molecular weight excluding hydrogens is 230 g/mol. The largest absolute Gasteiger partial charge is 0.385 e. The number of nitrogens with zero attached hydrogens (tertiary/aromatic N) is 2. The van der Waals surface area contributed by atoms with Crippen molar-refractivity contribution in [2.45, 2.75) is 19.8 Å². The summed E-state index contributed by atoms with van der Waals surface area (Å²) in [6, 6.07) is 3.42. The Balaban J connectivity index is 2.73. The highest BCUT2D eigenvalue weighted by molar-refractivity contribution is 5.94. The number of amides is 1. The van der Waals surface area contributed by atoms with Gasteiger partial charge < -0.3 is 15.4 Å². The van der Waals surface area contributed by atoms with E-state index in [9.17, 15) is 4.79 Å². The smallest absolute Gasteiger partial charge is 0.253 e. The molecule has 0 aromatic carbocycles. The number of nitrogens with two attached hydrogens (primary N) is 1. The molecule has 5 nitrogen and oxygen atoms in total. The minimum atomic E-state index is -0.0325. The fourth-order valence-corrected chi connectivity index (χ4v) is 1.68. The quantitative estimate of drug-likeness (QED) is 0.775. The maximum atomic E-state index is 12.2. The van der Waals surface area contributed by atoms with E-state index in [1.54, 1.807) is 31.2 Å². The molecule has 0 radical (unpaired) electrons. The number of hydrogen-bond acceptors (Lipinski definition) is 4. The first-order valence-corrected chi connectivity index (χ1v) is 6.09. The molecule has 100 valence electrons. The SMILES string of the molecule is CCc1cc(C(=O)N(C)CCCOC)cc(N)n1. The number of hydrogen-bond donors (Lipinski definition) is 1. The summed E-state index contributed by atoms with van der Waals surface area (Å²) in [6.45, 7) is 3.30. The number of ether oxygens (including phenoxy) is 1. The number of aryl methyl sites for hydroxylation is 1. The van der Waals surface area contributed by atoms with Crippen molar-refractivity contribution >= 4 is 11.7 Å². The maximum absolute atomic E-state index is 12.2. The molecule has 0 saturated heterocycles. The summed E-state index contributed by atoms with van der Waals surface area (Å²) < 4.78 is 4.97. The number of rotatable bonds is 6. The fraction of sp³-hybridized carbons (Fsp3) is 0.538. The fourth-order valence-electron chi connectivity index (χ4n) is 1.68. The van der Waals surface area contributed by atoms with Gasteiger partial charge in [-0.15, -0.1) is 0 Å². The van der Waals surface area contributed by atoms with Crippen molar-refractivity contribution in [3.8, 4) is 0 Å². The number of methoxy groups -OCH3 is 1. The van der Waals surface area contributed by atoms with Crippen molar-refractivity contribution in [1.29, 1.82) is 0 Å². The summed E-state index contributed by atoms with van der Waals surface area (Å²) in [5, 5.41) is 0. The van der Waals surface area contributed by atoms with Crippen LogP contribution in [0.2, 0.25) is 0 Å². The maximum Gasteiger partial charge on any atom is 0.253 e. The van der Waals surface area contributed by atoms with Gasteiger partial charge in [-0.05, 0) is 25.0 Å². The van der Waals surface area contributed by atoms with Crippen LogP contribution in [-0.2, 0) is 11.2 Å². The van der Waals surface area contributed by atoms with Crippen molar-refractivity contribution < 1.29 is 9.53 Å². The molecule has 0 spiro atoms. The van der Waals surface area contributed by atoms with Crippen LogP contribution in [0.25, 0.3) is 0 Å². The lowest BCUT2D eigenvalue weighted by atomic mass is 10.1. The van der Waals surface area contributed by atoms with Crippen LogP contribution in [0, 0.1) is 0 Å². The van der Waals surface area contributed by atoms with Gasteiger partial charge in [-0.3, -0.25) is 4.79 Å². The Morgan fingerprint density at radius 1 is 1.50 bits per heavy atom. The molecule has 1 heterocycles. The number of carbonyl (C=O) groups is 1. The predicted octanol–water partition coefficient (Wildman–Crippen LogP) is 1.33. The van der Waals surface area contributed by atoms with Gasteiger partial charge in [0.15, 0.2) is 0 Å². The second kappa shape index (κ2) is 6.96. The van der Waals surface area contributed by atoms with Crippen LogP contribution in [0.4, 0.5) is 5.82 Å².